The van der Waals surface area contributed by atoms with Crippen molar-refractivity contribution in [1.29, 1.82) is 0 Å². The Labute approximate surface area is 277 Å². The number of nitrogens with one attached hydrogen (secondary N) is 1. The molecule has 10 nitrogen and oxygen atoms in total. The van der Waals surface area contributed by atoms with Gasteiger partial charge >= 0.3 is 18.8 Å². The number of rotatable bonds is 6. The van der Waals surface area contributed by atoms with Gasteiger partial charge in [0.1, 0.15) is 42.0 Å². The van der Waals surface area contributed by atoms with Crippen LogP contribution < -0.4 is 29.0 Å². The Kier molecular flexibility index (Phi) is 8.10. The fourth-order valence-corrected chi connectivity index (χ4v) is 6.70. The quantitative estimate of drug-likeness (QED) is 0.288. The van der Waals surface area contributed by atoms with Gasteiger partial charge in [-0.2, -0.15) is 0 Å². The number of halogens is 5. The molecule has 2 amide bonds. The Bertz CT molecular complexity index is 1750. The maximum absolute atomic E-state index is 14.0. The van der Waals surface area contributed by atoms with Gasteiger partial charge in [0.25, 0.3) is 0 Å². The van der Waals surface area contributed by atoms with Gasteiger partial charge in [-0.1, -0.05) is 30.3 Å². The van der Waals surface area contributed by atoms with Crippen molar-refractivity contribution in [1.82, 2.24) is 10.2 Å². The molecule has 0 spiro atoms. The van der Waals surface area contributed by atoms with E-state index in [0.29, 0.717) is 37.1 Å². The first-order valence-corrected chi connectivity index (χ1v) is 15.7. The number of carbonyl (C=O) groups is 2. The fraction of sp³-hybridized carbons (Fsp3) is 0.412. The average Bonchev–Trinajstić information content (AvgIpc) is 3.56. The largest absolute Gasteiger partial charge is 0.586 e. The van der Waals surface area contributed by atoms with Crippen LogP contribution in [0.4, 0.5) is 26.7 Å². The molecule has 0 saturated carbocycles. The lowest BCUT2D eigenvalue weighted by Crippen LogP contribution is -2.48. The number of ether oxygens (including phenoxy) is 6. The van der Waals surface area contributed by atoms with E-state index in [4.69, 9.17) is 14.2 Å². The summed E-state index contributed by atoms with van der Waals surface area (Å²) in [5, 5.41) is 3.01. The van der Waals surface area contributed by atoms with Gasteiger partial charge in [0.2, 0.25) is 5.91 Å². The second kappa shape index (κ2) is 12.2. The summed E-state index contributed by atoms with van der Waals surface area (Å²) < 4.78 is 97.3. The minimum atomic E-state index is -4.93. The topological polar surface area (TPSA) is 105 Å². The van der Waals surface area contributed by atoms with Crippen LogP contribution in [0.5, 0.6) is 28.7 Å². The van der Waals surface area contributed by atoms with Gasteiger partial charge in [0, 0.05) is 42.8 Å². The van der Waals surface area contributed by atoms with Gasteiger partial charge in [0.15, 0.2) is 11.5 Å². The predicted molar refractivity (Wildman–Crippen MR) is 159 cm³/mol. The van der Waals surface area contributed by atoms with Crippen molar-refractivity contribution in [2.45, 2.75) is 63.0 Å². The number of likely N-dealkylation sites (tertiary alicyclic amines) is 1. The van der Waals surface area contributed by atoms with Crippen LogP contribution in [0.2, 0.25) is 0 Å². The molecule has 4 aliphatic heterocycles. The summed E-state index contributed by atoms with van der Waals surface area (Å²) in [6.07, 6.45) is -8.44. The Morgan fingerprint density at radius 2 is 1.67 bits per heavy atom. The SMILES string of the molecule is C[C@]1(C(=O)N[C@H]2C[C@@H](C3CCN(C(=O)OCc4ccccc4)CC3)Oc3cc(OC(F)(F)F)ccc32)COc2cc3c(cc21)OC(F)(F)O3. The molecule has 1 N–H and O–H groups in total. The van der Waals surface area contributed by atoms with Crippen LogP contribution in [0.3, 0.4) is 0 Å². The van der Waals surface area contributed by atoms with Crippen LogP contribution >= 0.6 is 0 Å². The summed E-state index contributed by atoms with van der Waals surface area (Å²) in [5.74, 6) is -1.24. The molecular weight excluding hydrogens is 659 g/mol. The minimum Gasteiger partial charge on any atom is -0.492 e. The zero-order valence-electron chi connectivity index (χ0n) is 26.1. The van der Waals surface area contributed by atoms with E-state index in [9.17, 15) is 31.5 Å². The lowest BCUT2D eigenvalue weighted by Gasteiger charge is -2.40. The number of alkyl halides is 5. The predicted octanol–water partition coefficient (Wildman–Crippen LogP) is 6.61. The second-order valence-electron chi connectivity index (χ2n) is 12.6. The summed E-state index contributed by atoms with van der Waals surface area (Å²) in [5.41, 5.74) is 0.282. The summed E-state index contributed by atoms with van der Waals surface area (Å²) in [6, 6.07) is 14.8. The number of fused-ring (bicyclic) bond motifs is 3. The Morgan fingerprint density at radius 1 is 0.959 bits per heavy atom. The van der Waals surface area contributed by atoms with E-state index in [1.807, 2.05) is 30.3 Å². The summed E-state index contributed by atoms with van der Waals surface area (Å²) in [4.78, 5) is 28.3. The molecular formula is C34H31F5N2O8. The van der Waals surface area contributed by atoms with Gasteiger partial charge in [-0.3, -0.25) is 4.79 Å². The van der Waals surface area contributed by atoms with E-state index in [1.54, 1.807) is 11.8 Å². The molecule has 7 rings (SSSR count). The third kappa shape index (κ3) is 6.70. The molecule has 4 aliphatic rings. The third-order valence-corrected chi connectivity index (χ3v) is 9.29. The molecule has 49 heavy (non-hydrogen) atoms. The van der Waals surface area contributed by atoms with Crippen molar-refractivity contribution in [2.75, 3.05) is 19.7 Å². The molecule has 15 heteroatoms. The van der Waals surface area contributed by atoms with Gasteiger partial charge in [0.05, 0.1) is 6.04 Å². The van der Waals surface area contributed by atoms with Crippen molar-refractivity contribution in [3.63, 3.8) is 0 Å². The van der Waals surface area contributed by atoms with Crippen molar-refractivity contribution >= 4 is 12.0 Å². The minimum absolute atomic E-state index is 0.106. The number of hydrogen-bond donors (Lipinski definition) is 1. The van der Waals surface area contributed by atoms with E-state index in [0.717, 1.165) is 17.7 Å². The number of amides is 2. The van der Waals surface area contributed by atoms with Crippen molar-refractivity contribution < 1.29 is 60.0 Å². The molecule has 0 aliphatic carbocycles. The van der Waals surface area contributed by atoms with E-state index in [-0.39, 0.29) is 48.6 Å². The molecule has 0 aromatic heterocycles. The van der Waals surface area contributed by atoms with Crippen molar-refractivity contribution in [3.05, 3.63) is 77.4 Å². The third-order valence-electron chi connectivity index (χ3n) is 9.29. The van der Waals surface area contributed by atoms with Crippen LogP contribution in [0.25, 0.3) is 0 Å². The van der Waals surface area contributed by atoms with E-state index in [1.165, 1.54) is 18.2 Å². The zero-order chi connectivity index (χ0) is 34.6. The number of carbonyl (C=O) groups excluding carboxylic acids is 2. The first-order chi connectivity index (χ1) is 23.3. The second-order valence-corrected chi connectivity index (χ2v) is 12.6. The molecule has 260 valence electrons. The lowest BCUT2D eigenvalue weighted by atomic mass is 9.81. The molecule has 1 fully saturated rings. The molecule has 0 radical (unpaired) electrons. The molecule has 3 aromatic rings. The van der Waals surface area contributed by atoms with Crippen LogP contribution in [-0.4, -0.2) is 55.4 Å². The summed E-state index contributed by atoms with van der Waals surface area (Å²) >= 11 is 0. The Hall–Kier alpha value is -4.95. The van der Waals surface area contributed by atoms with Crippen LogP contribution in [0, 0.1) is 5.92 Å². The maximum atomic E-state index is 14.0. The highest BCUT2D eigenvalue weighted by atomic mass is 19.4. The number of benzene rings is 3. The highest BCUT2D eigenvalue weighted by Crippen LogP contribution is 2.50. The summed E-state index contributed by atoms with van der Waals surface area (Å²) in [7, 11) is 0. The molecule has 0 unspecified atom stereocenters. The first-order valence-electron chi connectivity index (χ1n) is 15.7. The van der Waals surface area contributed by atoms with Gasteiger partial charge in [-0.05, 0) is 49.4 Å². The Morgan fingerprint density at radius 3 is 2.39 bits per heavy atom. The van der Waals surface area contributed by atoms with E-state index >= 15 is 0 Å². The average molecular weight is 691 g/mol. The first kappa shape index (κ1) is 32.6. The highest BCUT2D eigenvalue weighted by Gasteiger charge is 2.50. The van der Waals surface area contributed by atoms with Crippen LogP contribution in [0.15, 0.2) is 60.7 Å². The number of hydrogen-bond acceptors (Lipinski definition) is 8. The highest BCUT2D eigenvalue weighted by molar-refractivity contribution is 5.90. The maximum Gasteiger partial charge on any atom is 0.586 e. The number of nitrogens with zero attached hydrogens (tertiary/aromatic N) is 1. The van der Waals surface area contributed by atoms with Crippen molar-refractivity contribution in [3.8, 4) is 28.7 Å². The van der Waals surface area contributed by atoms with Gasteiger partial charge in [-0.15, -0.1) is 22.0 Å². The lowest BCUT2D eigenvalue weighted by molar-refractivity contribution is -0.286. The molecule has 1 saturated heterocycles. The van der Waals surface area contributed by atoms with Crippen LogP contribution in [0.1, 0.15) is 48.9 Å². The molecule has 0 bridgehead atoms. The smallest absolute Gasteiger partial charge is 0.492 e. The standard InChI is InChI=1S/C34H31F5N2O8/c1-32(18-45-27-16-29-28(14-23(27)32)48-34(38,39)49-29)30(42)40-24-15-25(46-26-13-21(7-8-22(24)26)47-33(35,36)37)20-9-11-41(12-10-20)31(43)44-17-19-5-3-2-4-6-19/h2-8,13-14,16,20,24-25H,9-12,15,17-18H2,1H3,(H,40,42)/t24-,25-,32-/m0/s1. The Balaban J connectivity index is 1.08. The fourth-order valence-electron chi connectivity index (χ4n) is 6.70. The van der Waals surface area contributed by atoms with Gasteiger partial charge in [-0.25, -0.2) is 4.79 Å². The zero-order valence-corrected chi connectivity index (χ0v) is 26.1. The van der Waals surface area contributed by atoms with E-state index in [2.05, 4.69) is 19.5 Å². The van der Waals surface area contributed by atoms with Gasteiger partial charge < -0.3 is 38.6 Å². The molecule has 3 aromatic carbocycles. The molecule has 4 heterocycles. The monoisotopic (exact) mass is 690 g/mol. The van der Waals surface area contributed by atoms with E-state index < -0.39 is 48.0 Å². The molecule has 3 atom stereocenters. The normalized spacial score (nSPS) is 23.8. The summed E-state index contributed by atoms with van der Waals surface area (Å²) in [6.45, 7) is 2.38. The number of piperidine rings is 1. The van der Waals surface area contributed by atoms with Crippen LogP contribution in [-0.2, 0) is 21.6 Å². The van der Waals surface area contributed by atoms with Crippen molar-refractivity contribution in [2.24, 2.45) is 5.92 Å².